The molecule has 0 bridgehead atoms. The Hall–Kier alpha value is -2.62. The molecule has 25 heavy (non-hydrogen) atoms. The lowest BCUT2D eigenvalue weighted by molar-refractivity contribution is -0.133. The van der Waals surface area contributed by atoms with Crippen LogP contribution in [0.3, 0.4) is 0 Å². The number of nitrogens with zero attached hydrogens (tertiary/aromatic N) is 1. The van der Waals surface area contributed by atoms with Gasteiger partial charge in [0.05, 0.1) is 6.54 Å². The molecule has 4 nitrogen and oxygen atoms in total. The van der Waals surface area contributed by atoms with Crippen LogP contribution in [0.2, 0.25) is 0 Å². The van der Waals surface area contributed by atoms with Crippen LogP contribution in [0.5, 0.6) is 0 Å². The Morgan fingerprint density at radius 3 is 2.40 bits per heavy atom. The maximum atomic E-state index is 12.4. The predicted octanol–water partition coefficient (Wildman–Crippen LogP) is 3.89. The standard InChI is InChI=1S/C21H26N2O2/c1-15-9-8-12-19(17(15)3)22-20(24)14-23(4)21(25)13-16(2)18-10-6-5-7-11-18/h5-12,16H,13-14H2,1-4H3,(H,22,24). The molecule has 1 N–H and O–H groups in total. The van der Waals surface area contributed by atoms with E-state index in [2.05, 4.69) is 5.32 Å². The van der Waals surface area contributed by atoms with E-state index in [-0.39, 0.29) is 24.3 Å². The van der Waals surface area contributed by atoms with Crippen molar-refractivity contribution in [3.63, 3.8) is 0 Å². The molecule has 132 valence electrons. The molecule has 0 aromatic heterocycles. The van der Waals surface area contributed by atoms with Gasteiger partial charge in [0.2, 0.25) is 11.8 Å². The third-order valence-corrected chi connectivity index (χ3v) is 4.53. The van der Waals surface area contributed by atoms with Gasteiger partial charge < -0.3 is 10.2 Å². The second kappa shape index (κ2) is 8.47. The molecule has 0 saturated carbocycles. The maximum Gasteiger partial charge on any atom is 0.243 e. The molecule has 2 aromatic carbocycles. The van der Waals surface area contributed by atoms with Crippen LogP contribution in [0.4, 0.5) is 5.69 Å². The Morgan fingerprint density at radius 2 is 1.72 bits per heavy atom. The van der Waals surface area contributed by atoms with E-state index >= 15 is 0 Å². The third-order valence-electron chi connectivity index (χ3n) is 4.53. The number of anilines is 1. The van der Waals surface area contributed by atoms with Crippen LogP contribution in [0.25, 0.3) is 0 Å². The van der Waals surface area contributed by atoms with E-state index < -0.39 is 0 Å². The summed E-state index contributed by atoms with van der Waals surface area (Å²) in [5.74, 6) is -0.0948. The van der Waals surface area contributed by atoms with Gasteiger partial charge in [-0.1, -0.05) is 49.4 Å². The van der Waals surface area contributed by atoms with Crippen molar-refractivity contribution in [2.45, 2.75) is 33.1 Å². The highest BCUT2D eigenvalue weighted by atomic mass is 16.2. The number of likely N-dealkylation sites (N-methyl/N-ethyl adjacent to an activating group) is 1. The average molecular weight is 338 g/mol. The first-order chi connectivity index (χ1) is 11.9. The van der Waals surface area contributed by atoms with Crippen molar-refractivity contribution < 1.29 is 9.59 Å². The molecular formula is C21H26N2O2. The second-order valence-electron chi connectivity index (χ2n) is 6.56. The first-order valence-electron chi connectivity index (χ1n) is 8.53. The number of benzene rings is 2. The Balaban J connectivity index is 1.90. The summed E-state index contributed by atoms with van der Waals surface area (Å²) in [5, 5.41) is 2.89. The van der Waals surface area contributed by atoms with E-state index in [0.717, 1.165) is 22.4 Å². The molecular weight excluding hydrogens is 312 g/mol. The van der Waals surface area contributed by atoms with Crippen LogP contribution in [-0.4, -0.2) is 30.3 Å². The zero-order valence-electron chi connectivity index (χ0n) is 15.4. The van der Waals surface area contributed by atoms with Crippen molar-refractivity contribution in [1.82, 2.24) is 4.90 Å². The minimum Gasteiger partial charge on any atom is -0.336 e. The van der Waals surface area contributed by atoms with Gasteiger partial charge in [0.15, 0.2) is 0 Å². The summed E-state index contributed by atoms with van der Waals surface area (Å²) in [6, 6.07) is 15.7. The quantitative estimate of drug-likeness (QED) is 0.868. The predicted molar refractivity (Wildman–Crippen MR) is 102 cm³/mol. The van der Waals surface area contributed by atoms with Gasteiger partial charge in [0.25, 0.3) is 0 Å². The van der Waals surface area contributed by atoms with Crippen molar-refractivity contribution in [1.29, 1.82) is 0 Å². The van der Waals surface area contributed by atoms with Gasteiger partial charge in [-0.3, -0.25) is 9.59 Å². The summed E-state index contributed by atoms with van der Waals surface area (Å²) in [6.07, 6.45) is 0.386. The molecule has 0 aliphatic rings. The number of hydrogen-bond acceptors (Lipinski definition) is 2. The lowest BCUT2D eigenvalue weighted by atomic mass is 9.97. The average Bonchev–Trinajstić information content (AvgIpc) is 2.59. The topological polar surface area (TPSA) is 49.4 Å². The maximum absolute atomic E-state index is 12.4. The molecule has 0 heterocycles. The van der Waals surface area contributed by atoms with E-state index in [1.165, 1.54) is 4.90 Å². The number of carbonyl (C=O) groups excluding carboxylic acids is 2. The molecule has 0 aliphatic heterocycles. The molecule has 0 radical (unpaired) electrons. The number of hydrogen-bond donors (Lipinski definition) is 1. The minimum atomic E-state index is -0.183. The first-order valence-corrected chi connectivity index (χ1v) is 8.53. The van der Waals surface area contributed by atoms with Crippen LogP contribution >= 0.6 is 0 Å². The molecule has 2 rings (SSSR count). The van der Waals surface area contributed by atoms with Crippen LogP contribution < -0.4 is 5.32 Å². The van der Waals surface area contributed by atoms with E-state index in [1.54, 1.807) is 7.05 Å². The molecule has 0 saturated heterocycles. The Labute approximate surface area is 149 Å². The highest BCUT2D eigenvalue weighted by Crippen LogP contribution is 2.20. The van der Waals surface area contributed by atoms with E-state index in [1.807, 2.05) is 69.3 Å². The Morgan fingerprint density at radius 1 is 1.04 bits per heavy atom. The molecule has 1 atom stereocenters. The summed E-state index contributed by atoms with van der Waals surface area (Å²) >= 11 is 0. The van der Waals surface area contributed by atoms with Crippen LogP contribution in [0.15, 0.2) is 48.5 Å². The van der Waals surface area contributed by atoms with Gasteiger partial charge in [-0.2, -0.15) is 0 Å². The smallest absolute Gasteiger partial charge is 0.243 e. The lowest BCUT2D eigenvalue weighted by Crippen LogP contribution is -2.35. The fourth-order valence-corrected chi connectivity index (χ4v) is 2.70. The van der Waals surface area contributed by atoms with Gasteiger partial charge >= 0.3 is 0 Å². The number of amides is 2. The molecule has 0 aliphatic carbocycles. The molecule has 0 spiro atoms. The number of carbonyl (C=O) groups is 2. The Kier molecular flexibility index (Phi) is 6.34. The third kappa shape index (κ3) is 5.18. The fraction of sp³-hybridized carbons (Fsp3) is 0.333. The zero-order chi connectivity index (χ0) is 18.4. The first kappa shape index (κ1) is 18.7. The molecule has 4 heteroatoms. The summed E-state index contributed by atoms with van der Waals surface area (Å²) in [5.41, 5.74) is 4.09. The van der Waals surface area contributed by atoms with Crippen molar-refractivity contribution in [3.8, 4) is 0 Å². The SMILES string of the molecule is Cc1cccc(NC(=O)CN(C)C(=O)CC(C)c2ccccc2)c1C. The van der Waals surface area contributed by atoms with Gasteiger partial charge in [-0.25, -0.2) is 0 Å². The van der Waals surface area contributed by atoms with E-state index in [4.69, 9.17) is 0 Å². The van der Waals surface area contributed by atoms with Gasteiger partial charge in [0.1, 0.15) is 0 Å². The van der Waals surface area contributed by atoms with E-state index in [9.17, 15) is 9.59 Å². The van der Waals surface area contributed by atoms with Crippen molar-refractivity contribution >= 4 is 17.5 Å². The molecule has 1 unspecified atom stereocenters. The summed E-state index contributed by atoms with van der Waals surface area (Å²) < 4.78 is 0. The fourth-order valence-electron chi connectivity index (χ4n) is 2.70. The van der Waals surface area contributed by atoms with Gasteiger partial charge in [-0.15, -0.1) is 0 Å². The number of nitrogens with one attached hydrogen (secondary N) is 1. The monoisotopic (exact) mass is 338 g/mol. The highest BCUT2D eigenvalue weighted by molar-refractivity contribution is 5.95. The normalized spacial score (nSPS) is 11.7. The summed E-state index contributed by atoms with van der Waals surface area (Å²) in [7, 11) is 1.67. The van der Waals surface area contributed by atoms with Gasteiger partial charge in [0, 0.05) is 19.2 Å². The van der Waals surface area contributed by atoms with Gasteiger partial charge in [-0.05, 0) is 42.5 Å². The second-order valence-corrected chi connectivity index (χ2v) is 6.56. The summed E-state index contributed by atoms with van der Waals surface area (Å²) in [6.45, 7) is 6.05. The lowest BCUT2D eigenvalue weighted by Gasteiger charge is -2.20. The van der Waals surface area contributed by atoms with Crippen LogP contribution in [0, 0.1) is 13.8 Å². The molecule has 0 fully saturated rings. The zero-order valence-corrected chi connectivity index (χ0v) is 15.4. The number of aryl methyl sites for hydroxylation is 1. The largest absolute Gasteiger partial charge is 0.336 e. The van der Waals surface area contributed by atoms with Crippen LogP contribution in [0.1, 0.15) is 36.0 Å². The van der Waals surface area contributed by atoms with E-state index in [0.29, 0.717) is 6.42 Å². The summed E-state index contributed by atoms with van der Waals surface area (Å²) in [4.78, 5) is 26.1. The highest BCUT2D eigenvalue weighted by Gasteiger charge is 2.17. The molecule has 2 aromatic rings. The number of rotatable bonds is 6. The minimum absolute atomic E-state index is 0.0348. The molecule has 2 amide bonds. The van der Waals surface area contributed by atoms with Crippen molar-refractivity contribution in [3.05, 3.63) is 65.2 Å². The Bertz CT molecular complexity index is 741. The van der Waals surface area contributed by atoms with Crippen molar-refractivity contribution in [2.24, 2.45) is 0 Å². The van der Waals surface area contributed by atoms with Crippen LogP contribution in [-0.2, 0) is 9.59 Å². The van der Waals surface area contributed by atoms with Crippen molar-refractivity contribution in [2.75, 3.05) is 18.9 Å².